The number of hydrogen-bond donors (Lipinski definition) is 2. The van der Waals surface area contributed by atoms with Gasteiger partial charge in [-0.15, -0.1) is 0 Å². The number of rotatable bonds is 3. The van der Waals surface area contributed by atoms with Crippen LogP contribution >= 0.6 is 0 Å². The molecule has 0 aliphatic rings. The summed E-state index contributed by atoms with van der Waals surface area (Å²) in [7, 11) is 0. The van der Waals surface area contributed by atoms with Gasteiger partial charge >= 0.3 is 0 Å². The molecule has 0 saturated carbocycles. The molecule has 0 spiro atoms. The van der Waals surface area contributed by atoms with Crippen molar-refractivity contribution in [3.05, 3.63) is 88.4 Å². The first kappa shape index (κ1) is 15.9. The molecule has 4 rings (SSSR count). The van der Waals surface area contributed by atoms with Crippen LogP contribution in [-0.2, 0) is 0 Å². The van der Waals surface area contributed by atoms with Gasteiger partial charge in [-0.05, 0) is 43.3 Å². The van der Waals surface area contributed by atoms with Crippen molar-refractivity contribution in [3.8, 4) is 11.3 Å². The molecule has 2 aromatic carbocycles. The fraction of sp³-hybridized carbons (Fsp3) is 0.0476. The Morgan fingerprint density at radius 1 is 1.00 bits per heavy atom. The van der Waals surface area contributed by atoms with Gasteiger partial charge in [0.2, 0.25) is 5.43 Å². The molecule has 0 atom stereocenters. The zero-order valence-electron chi connectivity index (χ0n) is 14.1. The predicted octanol–water partition coefficient (Wildman–Crippen LogP) is 4.35. The van der Waals surface area contributed by atoms with Gasteiger partial charge in [-0.2, -0.15) is 0 Å². The molecular formula is C21H16N2O3. The first-order valence-corrected chi connectivity index (χ1v) is 8.21. The number of aromatic amines is 1. The molecule has 0 aliphatic heterocycles. The Morgan fingerprint density at radius 3 is 2.58 bits per heavy atom. The first-order valence-electron chi connectivity index (χ1n) is 8.21. The maximum Gasteiger partial charge on any atom is 0.261 e. The summed E-state index contributed by atoms with van der Waals surface area (Å²) >= 11 is 0. The maximum absolute atomic E-state index is 12.7. The van der Waals surface area contributed by atoms with E-state index in [2.05, 4.69) is 10.3 Å². The largest absolute Gasteiger partial charge is 0.461 e. The third-order valence-electron chi connectivity index (χ3n) is 4.21. The number of furan rings is 1. The number of pyridine rings is 1. The normalized spacial score (nSPS) is 10.8. The second kappa shape index (κ2) is 6.37. The molecule has 2 aromatic heterocycles. The quantitative estimate of drug-likeness (QED) is 0.580. The molecule has 1 amide bonds. The molecule has 2 heterocycles. The van der Waals surface area contributed by atoms with Gasteiger partial charge in [-0.1, -0.05) is 24.3 Å². The molecule has 0 radical (unpaired) electrons. The van der Waals surface area contributed by atoms with Gasteiger partial charge in [-0.25, -0.2) is 0 Å². The average Bonchev–Trinajstić information content (AvgIpc) is 3.09. The number of H-pyrrole nitrogens is 1. The molecule has 0 bridgehead atoms. The number of anilines is 1. The van der Waals surface area contributed by atoms with E-state index >= 15 is 0 Å². The monoisotopic (exact) mass is 344 g/mol. The van der Waals surface area contributed by atoms with E-state index in [4.69, 9.17) is 4.42 Å². The minimum Gasteiger partial charge on any atom is -0.461 e. The van der Waals surface area contributed by atoms with Crippen LogP contribution in [0.2, 0.25) is 0 Å². The SMILES string of the molecule is Cc1ccc(-c2ccccc2NC(=O)c2c[nH]c3ccccc3c2=O)o1. The van der Waals surface area contributed by atoms with Gasteiger partial charge < -0.3 is 14.7 Å². The van der Waals surface area contributed by atoms with Gasteiger partial charge in [0.25, 0.3) is 5.91 Å². The number of nitrogens with one attached hydrogen (secondary N) is 2. The lowest BCUT2D eigenvalue weighted by molar-refractivity contribution is 0.102. The van der Waals surface area contributed by atoms with Crippen molar-refractivity contribution in [1.82, 2.24) is 4.98 Å². The van der Waals surface area contributed by atoms with Crippen molar-refractivity contribution < 1.29 is 9.21 Å². The van der Waals surface area contributed by atoms with Crippen LogP contribution in [0.4, 0.5) is 5.69 Å². The van der Waals surface area contributed by atoms with Crippen molar-refractivity contribution in [2.24, 2.45) is 0 Å². The van der Waals surface area contributed by atoms with E-state index in [0.717, 1.165) is 11.3 Å². The van der Waals surface area contributed by atoms with Crippen LogP contribution in [0, 0.1) is 6.92 Å². The number of amides is 1. The van der Waals surface area contributed by atoms with E-state index in [9.17, 15) is 9.59 Å². The Balaban J connectivity index is 1.72. The summed E-state index contributed by atoms with van der Waals surface area (Å²) in [6.45, 7) is 1.86. The van der Waals surface area contributed by atoms with E-state index < -0.39 is 5.91 Å². The van der Waals surface area contributed by atoms with Crippen molar-refractivity contribution in [3.63, 3.8) is 0 Å². The Kier molecular flexibility index (Phi) is 3.89. The van der Waals surface area contributed by atoms with Gasteiger partial charge in [-0.3, -0.25) is 9.59 Å². The van der Waals surface area contributed by atoms with Crippen molar-refractivity contribution >= 4 is 22.5 Å². The summed E-state index contributed by atoms with van der Waals surface area (Å²) in [6.07, 6.45) is 1.44. The molecule has 0 fully saturated rings. The van der Waals surface area contributed by atoms with Gasteiger partial charge in [0, 0.05) is 22.7 Å². The molecule has 5 heteroatoms. The van der Waals surface area contributed by atoms with E-state index in [0.29, 0.717) is 22.4 Å². The number of hydrogen-bond acceptors (Lipinski definition) is 3. The van der Waals surface area contributed by atoms with E-state index in [1.807, 2.05) is 43.3 Å². The third kappa shape index (κ3) is 2.80. The summed E-state index contributed by atoms with van der Waals surface area (Å²) in [5.74, 6) is 0.977. The molecule has 0 aliphatic carbocycles. The van der Waals surface area contributed by atoms with Crippen LogP contribution in [0.5, 0.6) is 0 Å². The summed E-state index contributed by atoms with van der Waals surface area (Å²) in [4.78, 5) is 28.3. The Labute approximate surface area is 149 Å². The van der Waals surface area contributed by atoms with Crippen molar-refractivity contribution in [2.75, 3.05) is 5.32 Å². The van der Waals surface area contributed by atoms with Crippen LogP contribution in [0.25, 0.3) is 22.2 Å². The van der Waals surface area contributed by atoms with Crippen LogP contribution in [0.3, 0.4) is 0 Å². The molecule has 0 unspecified atom stereocenters. The number of aryl methyl sites for hydroxylation is 1. The number of aromatic nitrogens is 1. The summed E-state index contributed by atoms with van der Waals surface area (Å²) in [5.41, 5.74) is 1.79. The minimum atomic E-state index is -0.465. The number of para-hydroxylation sites is 2. The van der Waals surface area contributed by atoms with Crippen LogP contribution in [-0.4, -0.2) is 10.9 Å². The van der Waals surface area contributed by atoms with Gasteiger partial charge in [0.1, 0.15) is 17.1 Å². The van der Waals surface area contributed by atoms with Crippen molar-refractivity contribution in [1.29, 1.82) is 0 Å². The summed E-state index contributed by atoms with van der Waals surface area (Å²) in [6, 6.07) is 18.1. The smallest absolute Gasteiger partial charge is 0.261 e. The van der Waals surface area contributed by atoms with E-state index in [1.165, 1.54) is 6.20 Å². The fourth-order valence-electron chi connectivity index (χ4n) is 2.91. The van der Waals surface area contributed by atoms with Crippen LogP contribution < -0.4 is 10.7 Å². The molecule has 5 nitrogen and oxygen atoms in total. The highest BCUT2D eigenvalue weighted by Gasteiger charge is 2.16. The Bertz CT molecular complexity index is 1170. The number of fused-ring (bicyclic) bond motifs is 1. The fourth-order valence-corrected chi connectivity index (χ4v) is 2.91. The van der Waals surface area contributed by atoms with E-state index in [1.54, 1.807) is 24.3 Å². The molecule has 26 heavy (non-hydrogen) atoms. The van der Waals surface area contributed by atoms with Gasteiger partial charge in [0.05, 0.1) is 5.69 Å². The lowest BCUT2D eigenvalue weighted by Crippen LogP contribution is -2.22. The standard InChI is InChI=1S/C21H16N2O3/c1-13-10-11-19(26-13)14-6-2-5-9-18(14)23-21(25)16-12-22-17-8-4-3-7-15(17)20(16)24/h2-12H,1H3,(H,22,24)(H,23,25). The minimum absolute atomic E-state index is 0.0640. The summed E-state index contributed by atoms with van der Waals surface area (Å²) < 4.78 is 5.66. The molecule has 0 saturated heterocycles. The topological polar surface area (TPSA) is 75.1 Å². The Hall–Kier alpha value is -3.60. The number of benzene rings is 2. The highest BCUT2D eigenvalue weighted by Crippen LogP contribution is 2.29. The van der Waals surface area contributed by atoms with Crippen LogP contribution in [0.1, 0.15) is 16.1 Å². The predicted molar refractivity (Wildman–Crippen MR) is 101 cm³/mol. The molecule has 128 valence electrons. The Morgan fingerprint density at radius 2 is 1.77 bits per heavy atom. The molecule has 2 N–H and O–H groups in total. The summed E-state index contributed by atoms with van der Waals surface area (Å²) in [5, 5.41) is 3.30. The van der Waals surface area contributed by atoms with E-state index in [-0.39, 0.29) is 11.0 Å². The number of carbonyl (C=O) groups excluding carboxylic acids is 1. The lowest BCUT2D eigenvalue weighted by atomic mass is 10.1. The maximum atomic E-state index is 12.7. The molecule has 4 aromatic rings. The van der Waals surface area contributed by atoms with Crippen molar-refractivity contribution in [2.45, 2.75) is 6.92 Å². The lowest BCUT2D eigenvalue weighted by Gasteiger charge is -2.10. The number of carbonyl (C=O) groups is 1. The second-order valence-electron chi connectivity index (χ2n) is 5.99. The van der Waals surface area contributed by atoms with Crippen LogP contribution in [0.15, 0.2) is 76.1 Å². The first-order chi connectivity index (χ1) is 12.6. The zero-order chi connectivity index (χ0) is 18.1. The average molecular weight is 344 g/mol. The second-order valence-corrected chi connectivity index (χ2v) is 5.99. The molecular weight excluding hydrogens is 328 g/mol. The zero-order valence-corrected chi connectivity index (χ0v) is 14.1. The highest BCUT2D eigenvalue weighted by molar-refractivity contribution is 6.07. The van der Waals surface area contributed by atoms with Gasteiger partial charge in [0.15, 0.2) is 0 Å². The third-order valence-corrected chi connectivity index (χ3v) is 4.21. The highest BCUT2D eigenvalue weighted by atomic mass is 16.3.